The molecule has 1 fully saturated rings. The molecule has 1 aromatic heterocycles. The summed E-state index contributed by atoms with van der Waals surface area (Å²) in [7, 11) is 5.16. The molecule has 2 amide bonds. The van der Waals surface area contributed by atoms with E-state index >= 15 is 0 Å². The quantitative estimate of drug-likeness (QED) is 0.451. The van der Waals surface area contributed by atoms with Gasteiger partial charge in [-0.2, -0.15) is 0 Å². The van der Waals surface area contributed by atoms with Crippen molar-refractivity contribution in [2.45, 2.75) is 0 Å². The van der Waals surface area contributed by atoms with Gasteiger partial charge in [0.25, 0.3) is 11.8 Å². The summed E-state index contributed by atoms with van der Waals surface area (Å²) >= 11 is 1.47. The maximum absolute atomic E-state index is 13.2. The first kappa shape index (κ1) is 25.3. The van der Waals surface area contributed by atoms with Gasteiger partial charge in [-0.3, -0.25) is 9.59 Å². The Kier molecular flexibility index (Phi) is 8.24. The predicted molar refractivity (Wildman–Crippen MR) is 144 cm³/mol. The summed E-state index contributed by atoms with van der Waals surface area (Å²) in [6.07, 6.45) is 1.66. The number of nitrogens with one attached hydrogen (secondary N) is 2. The highest BCUT2D eigenvalue weighted by atomic mass is 32.1. The predicted octanol–water partition coefficient (Wildman–Crippen LogP) is 3.93. The number of likely N-dealkylation sites (N-methyl/N-ethyl adjacent to an activating group) is 1. The van der Waals surface area contributed by atoms with Crippen LogP contribution in [-0.4, -0.2) is 64.2 Å². The van der Waals surface area contributed by atoms with Gasteiger partial charge in [0.15, 0.2) is 11.5 Å². The number of nitrogens with zero attached hydrogens (tertiary/aromatic N) is 2. The first-order valence-electron chi connectivity index (χ1n) is 11.6. The summed E-state index contributed by atoms with van der Waals surface area (Å²) in [5.41, 5.74) is 2.25. The molecule has 3 aromatic rings. The largest absolute Gasteiger partial charge is 0.493 e. The number of ether oxygens (including phenoxy) is 2. The molecule has 8 nitrogen and oxygen atoms in total. The fraction of sp³-hybridized carbons (Fsp3) is 0.259. The van der Waals surface area contributed by atoms with Gasteiger partial charge in [-0.25, -0.2) is 0 Å². The van der Waals surface area contributed by atoms with Gasteiger partial charge in [0.1, 0.15) is 5.70 Å². The van der Waals surface area contributed by atoms with Gasteiger partial charge < -0.3 is 29.9 Å². The Morgan fingerprint density at radius 3 is 2.31 bits per heavy atom. The molecule has 2 N–H and O–H groups in total. The molecule has 4 rings (SSSR count). The van der Waals surface area contributed by atoms with Gasteiger partial charge in [-0.15, -0.1) is 11.3 Å². The van der Waals surface area contributed by atoms with E-state index in [0.717, 1.165) is 36.7 Å². The number of amides is 2. The van der Waals surface area contributed by atoms with Crippen LogP contribution in [0.3, 0.4) is 0 Å². The van der Waals surface area contributed by atoms with Crippen LogP contribution in [0.25, 0.3) is 6.08 Å². The number of piperazine rings is 1. The Labute approximate surface area is 215 Å². The van der Waals surface area contributed by atoms with Gasteiger partial charge in [0.2, 0.25) is 0 Å². The fourth-order valence-corrected chi connectivity index (χ4v) is 4.52. The molecule has 9 heteroatoms. The van der Waals surface area contributed by atoms with E-state index < -0.39 is 11.8 Å². The molecule has 188 valence electrons. The van der Waals surface area contributed by atoms with E-state index in [9.17, 15) is 9.59 Å². The third-order valence-electron chi connectivity index (χ3n) is 5.96. The summed E-state index contributed by atoms with van der Waals surface area (Å²) in [5, 5.41) is 7.57. The van der Waals surface area contributed by atoms with E-state index in [1.165, 1.54) is 25.6 Å². The number of hydrogen-bond acceptors (Lipinski definition) is 7. The highest BCUT2D eigenvalue weighted by molar-refractivity contribution is 7.10. The van der Waals surface area contributed by atoms with Crippen LogP contribution in [0.1, 0.15) is 15.2 Å². The zero-order chi connectivity index (χ0) is 25.5. The third-order valence-corrected chi connectivity index (χ3v) is 6.78. The van der Waals surface area contributed by atoms with Crippen LogP contribution in [0.15, 0.2) is 65.7 Å². The minimum atomic E-state index is -0.431. The van der Waals surface area contributed by atoms with Crippen LogP contribution in [-0.2, 0) is 4.79 Å². The van der Waals surface area contributed by atoms with Crippen molar-refractivity contribution in [2.75, 3.05) is 57.7 Å². The molecule has 0 atom stereocenters. The van der Waals surface area contributed by atoms with Gasteiger partial charge >= 0.3 is 0 Å². The fourth-order valence-electron chi connectivity index (χ4n) is 3.86. The van der Waals surface area contributed by atoms with E-state index in [4.69, 9.17) is 9.47 Å². The lowest BCUT2D eigenvalue weighted by molar-refractivity contribution is -0.113. The average Bonchev–Trinajstić information content (AvgIpc) is 3.42. The molecule has 0 aliphatic carbocycles. The van der Waals surface area contributed by atoms with Gasteiger partial charge in [0.05, 0.1) is 14.2 Å². The molecule has 36 heavy (non-hydrogen) atoms. The SMILES string of the molecule is COc1ccc(C(=O)N/C(=C\c2cccs2)C(=O)Nc2ccc(N3CCN(C)CC3)cc2)cc1OC. The van der Waals surface area contributed by atoms with Gasteiger partial charge in [-0.1, -0.05) is 6.07 Å². The van der Waals surface area contributed by atoms with Crippen molar-refractivity contribution in [1.29, 1.82) is 0 Å². The van der Waals surface area contributed by atoms with E-state index in [1.54, 1.807) is 24.3 Å². The summed E-state index contributed by atoms with van der Waals surface area (Å²) in [6, 6.07) is 16.4. The highest BCUT2D eigenvalue weighted by Crippen LogP contribution is 2.28. The van der Waals surface area contributed by atoms with Crippen molar-refractivity contribution in [2.24, 2.45) is 0 Å². The second-order valence-electron chi connectivity index (χ2n) is 8.39. The zero-order valence-electron chi connectivity index (χ0n) is 20.6. The molecule has 1 aliphatic rings. The Morgan fingerprint density at radius 2 is 1.67 bits per heavy atom. The maximum atomic E-state index is 13.2. The molecular formula is C27H30N4O4S. The van der Waals surface area contributed by atoms with Crippen molar-refractivity contribution < 1.29 is 19.1 Å². The van der Waals surface area contributed by atoms with E-state index in [1.807, 2.05) is 41.8 Å². The minimum absolute atomic E-state index is 0.139. The smallest absolute Gasteiger partial charge is 0.272 e. The minimum Gasteiger partial charge on any atom is -0.493 e. The Bertz CT molecular complexity index is 1220. The molecule has 0 saturated carbocycles. The molecule has 1 saturated heterocycles. The first-order valence-corrected chi connectivity index (χ1v) is 12.5. The van der Waals surface area contributed by atoms with Crippen LogP contribution in [0.4, 0.5) is 11.4 Å². The summed E-state index contributed by atoms with van der Waals surface area (Å²) in [4.78, 5) is 31.7. The average molecular weight is 507 g/mol. The maximum Gasteiger partial charge on any atom is 0.272 e. The van der Waals surface area contributed by atoms with Crippen LogP contribution >= 0.6 is 11.3 Å². The number of anilines is 2. The second-order valence-corrected chi connectivity index (χ2v) is 9.37. The van der Waals surface area contributed by atoms with E-state index in [2.05, 4.69) is 27.5 Å². The number of thiophene rings is 1. The molecule has 1 aliphatic heterocycles. The van der Waals surface area contributed by atoms with Crippen LogP contribution in [0.2, 0.25) is 0 Å². The van der Waals surface area contributed by atoms with Crippen molar-refractivity contribution >= 4 is 40.6 Å². The molecule has 2 heterocycles. The van der Waals surface area contributed by atoms with Crippen LogP contribution in [0, 0.1) is 0 Å². The lowest BCUT2D eigenvalue weighted by Gasteiger charge is -2.34. The molecule has 0 radical (unpaired) electrons. The third kappa shape index (κ3) is 6.24. The number of hydrogen-bond donors (Lipinski definition) is 2. The molecular weight excluding hydrogens is 476 g/mol. The van der Waals surface area contributed by atoms with Crippen LogP contribution in [0.5, 0.6) is 11.5 Å². The van der Waals surface area contributed by atoms with Crippen molar-refractivity contribution in [3.05, 3.63) is 76.1 Å². The Balaban J connectivity index is 1.49. The number of benzene rings is 2. The zero-order valence-corrected chi connectivity index (χ0v) is 21.4. The van der Waals surface area contributed by atoms with E-state index in [0.29, 0.717) is 22.7 Å². The molecule has 0 spiro atoms. The number of carbonyl (C=O) groups is 2. The molecule has 0 bridgehead atoms. The number of methoxy groups -OCH3 is 2. The highest BCUT2D eigenvalue weighted by Gasteiger charge is 2.18. The lowest BCUT2D eigenvalue weighted by Crippen LogP contribution is -2.44. The van der Waals surface area contributed by atoms with Gasteiger partial charge in [-0.05, 0) is 67.0 Å². The number of rotatable bonds is 8. The van der Waals surface area contributed by atoms with Gasteiger partial charge in [0, 0.05) is 48.0 Å². The number of carbonyl (C=O) groups excluding carboxylic acids is 2. The molecule has 0 unspecified atom stereocenters. The lowest BCUT2D eigenvalue weighted by atomic mass is 10.1. The van der Waals surface area contributed by atoms with Crippen LogP contribution < -0.4 is 25.0 Å². The Morgan fingerprint density at radius 1 is 0.944 bits per heavy atom. The summed E-state index contributed by atoms with van der Waals surface area (Å²) < 4.78 is 10.5. The topological polar surface area (TPSA) is 83.1 Å². The summed E-state index contributed by atoms with van der Waals surface area (Å²) in [5.74, 6) is 0.101. The summed E-state index contributed by atoms with van der Waals surface area (Å²) in [6.45, 7) is 3.99. The van der Waals surface area contributed by atoms with Crippen molar-refractivity contribution in [3.63, 3.8) is 0 Å². The normalized spacial score (nSPS) is 14.3. The van der Waals surface area contributed by atoms with Crippen molar-refractivity contribution in [3.8, 4) is 11.5 Å². The second kappa shape index (κ2) is 11.7. The Hall–Kier alpha value is -3.82. The first-order chi connectivity index (χ1) is 17.5. The standard InChI is InChI=1S/C27H30N4O4S/c1-30-12-14-31(15-13-30)21-9-7-20(8-10-21)28-27(33)23(18-22-5-4-16-36-22)29-26(32)19-6-11-24(34-2)25(17-19)35-3/h4-11,16-18H,12-15H2,1-3H3,(H,28,33)(H,29,32)/b23-18-. The molecule has 2 aromatic carbocycles. The van der Waals surface area contributed by atoms with E-state index in [-0.39, 0.29) is 5.70 Å². The monoisotopic (exact) mass is 506 g/mol. The van der Waals surface area contributed by atoms with Crippen molar-refractivity contribution in [1.82, 2.24) is 10.2 Å².